The highest BCUT2D eigenvalue weighted by molar-refractivity contribution is 7.26. The summed E-state index contributed by atoms with van der Waals surface area (Å²) < 4.78 is 11.1. The van der Waals surface area contributed by atoms with Gasteiger partial charge in [-0.05, 0) is 43.2 Å². The van der Waals surface area contributed by atoms with Crippen molar-refractivity contribution >= 4 is 53.4 Å². The molecule has 3 aromatic carbocycles. The zero-order chi connectivity index (χ0) is 19.7. The molecule has 0 saturated carbocycles. The topological polar surface area (TPSA) is 17.0 Å². The predicted molar refractivity (Wildman–Crippen MR) is 123 cm³/mol. The molecule has 29 heavy (non-hydrogen) atoms. The molecule has 6 rings (SSSR count). The summed E-state index contributed by atoms with van der Waals surface area (Å²) >= 11 is 1.89. The molecule has 0 bridgehead atoms. The molecule has 140 valence electrons. The molecular weight excluding hydrogens is 374 g/mol. The molecule has 0 atom stereocenters. The zero-order valence-corrected chi connectivity index (χ0v) is 17.4. The number of hydrogen-bond donors (Lipinski definition) is 0. The first-order valence-electron chi connectivity index (χ1n) is 9.84. The van der Waals surface area contributed by atoms with E-state index in [9.17, 15) is 0 Å². The summed E-state index contributed by atoms with van der Waals surface area (Å²) in [4.78, 5) is 0. The molecule has 0 aliphatic rings. The lowest BCUT2D eigenvalue weighted by Gasteiger charge is -2.06. The molecule has 0 aliphatic heterocycles. The monoisotopic (exact) mass is 394 g/mol. The predicted octanol–water partition coefficient (Wildman–Crippen LogP) is 7.06. The van der Waals surface area contributed by atoms with Crippen molar-refractivity contribution in [3.63, 3.8) is 0 Å². The third-order valence-corrected chi connectivity index (χ3v) is 7.33. The van der Waals surface area contributed by atoms with Crippen LogP contribution in [0.5, 0.6) is 0 Å². The number of rotatable bonds is 1. The van der Waals surface area contributed by atoms with E-state index >= 15 is 0 Å². The Hall–Kier alpha value is -3.17. The van der Waals surface area contributed by atoms with Gasteiger partial charge in [0.1, 0.15) is 22.9 Å². The van der Waals surface area contributed by atoms with Crippen LogP contribution in [0.2, 0.25) is 0 Å². The fourth-order valence-electron chi connectivity index (χ4n) is 4.49. The van der Waals surface area contributed by atoms with Crippen molar-refractivity contribution in [2.75, 3.05) is 0 Å². The minimum atomic E-state index is 0.944. The fourth-order valence-corrected chi connectivity index (χ4v) is 5.85. The molecule has 2 nitrogen and oxygen atoms in total. The molecule has 3 heterocycles. The zero-order valence-electron chi connectivity index (χ0n) is 16.6. The Kier molecular flexibility index (Phi) is 3.42. The van der Waals surface area contributed by atoms with Crippen molar-refractivity contribution in [1.29, 1.82) is 0 Å². The van der Waals surface area contributed by atoms with Crippen molar-refractivity contribution in [2.45, 2.75) is 13.8 Å². The van der Waals surface area contributed by atoms with E-state index in [1.165, 1.54) is 53.3 Å². The number of para-hydroxylation sites is 1. The van der Waals surface area contributed by atoms with Gasteiger partial charge in [0.15, 0.2) is 6.20 Å². The van der Waals surface area contributed by atoms with E-state index in [1.807, 2.05) is 23.5 Å². The van der Waals surface area contributed by atoms with Crippen LogP contribution >= 0.6 is 11.3 Å². The summed E-state index contributed by atoms with van der Waals surface area (Å²) in [5.74, 6) is 0. The molecule has 0 amide bonds. The highest BCUT2D eigenvalue weighted by Crippen LogP contribution is 2.41. The Morgan fingerprint density at radius 1 is 0.724 bits per heavy atom. The second kappa shape index (κ2) is 5.91. The van der Waals surface area contributed by atoms with Crippen LogP contribution in [0.15, 0.2) is 71.3 Å². The molecule has 3 heteroatoms. The lowest BCUT2D eigenvalue weighted by atomic mass is 10.00. The molecule has 0 N–H and O–H groups in total. The standard InChI is InChI=1S/C26H20NOS/c1-15-7-6-9-18-19-11-12-27(3)24(26(19)29-25(15)18)20-14-23-21(13-16(20)2)17-8-4-5-10-22(17)28-23/h4-14H,1-3H3/q+1. The smallest absolute Gasteiger partial charge is 0.230 e. The molecule has 0 spiro atoms. The quantitative estimate of drug-likeness (QED) is 0.273. The summed E-state index contributed by atoms with van der Waals surface area (Å²) in [7, 11) is 2.13. The Morgan fingerprint density at radius 2 is 1.52 bits per heavy atom. The van der Waals surface area contributed by atoms with Gasteiger partial charge in [-0.3, -0.25) is 0 Å². The lowest BCUT2D eigenvalue weighted by Crippen LogP contribution is -2.30. The third-order valence-electron chi connectivity index (χ3n) is 5.96. The van der Waals surface area contributed by atoms with Crippen LogP contribution in [0.1, 0.15) is 11.1 Å². The van der Waals surface area contributed by atoms with E-state index < -0.39 is 0 Å². The van der Waals surface area contributed by atoms with Crippen LogP contribution in [-0.4, -0.2) is 0 Å². The number of pyridine rings is 1. The van der Waals surface area contributed by atoms with Gasteiger partial charge in [-0.15, -0.1) is 11.3 Å². The van der Waals surface area contributed by atoms with Crippen molar-refractivity contribution in [3.8, 4) is 11.3 Å². The average Bonchev–Trinajstić information content (AvgIpc) is 3.27. The Morgan fingerprint density at radius 3 is 2.41 bits per heavy atom. The van der Waals surface area contributed by atoms with Gasteiger partial charge < -0.3 is 4.42 Å². The number of furan rings is 1. The summed E-state index contributed by atoms with van der Waals surface area (Å²) in [6, 6.07) is 21.6. The van der Waals surface area contributed by atoms with E-state index in [-0.39, 0.29) is 0 Å². The molecule has 3 aromatic heterocycles. The average molecular weight is 395 g/mol. The largest absolute Gasteiger partial charge is 0.456 e. The molecule has 0 radical (unpaired) electrons. The van der Waals surface area contributed by atoms with Gasteiger partial charge in [0.25, 0.3) is 0 Å². The third kappa shape index (κ3) is 2.31. The molecule has 0 aliphatic carbocycles. The van der Waals surface area contributed by atoms with Crippen LogP contribution in [0, 0.1) is 13.8 Å². The van der Waals surface area contributed by atoms with Gasteiger partial charge in [0.05, 0.1) is 5.56 Å². The SMILES string of the molecule is Cc1cc2c(cc1-c1c3sc4c(C)cccc4c3cc[n+]1C)oc1ccccc12. The Balaban J connectivity index is 1.73. The molecule has 0 fully saturated rings. The number of hydrogen-bond acceptors (Lipinski definition) is 2. The van der Waals surface area contributed by atoms with E-state index in [2.05, 4.69) is 80.2 Å². The maximum Gasteiger partial charge on any atom is 0.230 e. The van der Waals surface area contributed by atoms with Crippen LogP contribution in [-0.2, 0) is 7.05 Å². The minimum Gasteiger partial charge on any atom is -0.456 e. The van der Waals surface area contributed by atoms with Crippen molar-refractivity contribution in [2.24, 2.45) is 7.05 Å². The Bertz CT molecular complexity index is 1590. The molecular formula is C26H20NOS+. The van der Waals surface area contributed by atoms with Crippen LogP contribution in [0.3, 0.4) is 0 Å². The van der Waals surface area contributed by atoms with Crippen molar-refractivity contribution in [3.05, 3.63) is 78.0 Å². The van der Waals surface area contributed by atoms with Crippen molar-refractivity contribution in [1.82, 2.24) is 0 Å². The van der Waals surface area contributed by atoms with Crippen LogP contribution in [0.4, 0.5) is 0 Å². The van der Waals surface area contributed by atoms with Crippen molar-refractivity contribution < 1.29 is 8.98 Å². The number of thiophene rings is 1. The normalized spacial score (nSPS) is 12.0. The van der Waals surface area contributed by atoms with Gasteiger partial charge in [-0.1, -0.05) is 36.4 Å². The number of aryl methyl sites for hydroxylation is 3. The van der Waals surface area contributed by atoms with E-state index in [4.69, 9.17) is 4.42 Å². The second-order valence-corrected chi connectivity index (χ2v) is 8.85. The van der Waals surface area contributed by atoms with Gasteiger partial charge in [-0.2, -0.15) is 4.57 Å². The minimum absolute atomic E-state index is 0.944. The molecule has 6 aromatic rings. The van der Waals surface area contributed by atoms with E-state index in [0.717, 1.165) is 11.2 Å². The first-order valence-corrected chi connectivity index (χ1v) is 10.7. The van der Waals surface area contributed by atoms with Crippen LogP contribution in [0.25, 0.3) is 53.4 Å². The maximum absolute atomic E-state index is 6.19. The van der Waals surface area contributed by atoms with Gasteiger partial charge >= 0.3 is 0 Å². The number of aromatic nitrogens is 1. The molecule has 0 unspecified atom stereocenters. The summed E-state index contributed by atoms with van der Waals surface area (Å²) in [5.41, 5.74) is 6.97. The van der Waals surface area contributed by atoms with E-state index in [0.29, 0.717) is 0 Å². The maximum atomic E-state index is 6.19. The van der Waals surface area contributed by atoms with Gasteiger partial charge in [0.2, 0.25) is 5.69 Å². The lowest BCUT2D eigenvalue weighted by molar-refractivity contribution is -0.659. The highest BCUT2D eigenvalue weighted by Gasteiger charge is 2.22. The van der Waals surface area contributed by atoms with Gasteiger partial charge in [-0.25, -0.2) is 0 Å². The number of nitrogens with zero attached hydrogens (tertiary/aromatic N) is 1. The van der Waals surface area contributed by atoms with Crippen LogP contribution < -0.4 is 4.57 Å². The number of fused-ring (bicyclic) bond motifs is 6. The second-order valence-electron chi connectivity index (χ2n) is 7.83. The summed E-state index contributed by atoms with van der Waals surface area (Å²) in [6.07, 6.45) is 2.18. The molecule has 0 saturated heterocycles. The van der Waals surface area contributed by atoms with E-state index in [1.54, 1.807) is 0 Å². The first-order chi connectivity index (χ1) is 14.1. The van der Waals surface area contributed by atoms with Gasteiger partial charge in [0, 0.05) is 32.3 Å². The summed E-state index contributed by atoms with van der Waals surface area (Å²) in [5, 5.41) is 5.03. The Labute approximate surface area is 172 Å². The highest BCUT2D eigenvalue weighted by atomic mass is 32.1. The summed E-state index contributed by atoms with van der Waals surface area (Å²) in [6.45, 7) is 4.40. The number of benzene rings is 3. The first kappa shape index (κ1) is 16.8. The fraction of sp³-hybridized carbons (Fsp3) is 0.115.